The molecule has 4 aromatic rings. The summed E-state index contributed by atoms with van der Waals surface area (Å²) in [4.78, 5) is -0.132. The van der Waals surface area contributed by atoms with E-state index < -0.39 is 87.3 Å². The quantitative estimate of drug-likeness (QED) is 0.111. The first-order chi connectivity index (χ1) is 24.9. The summed E-state index contributed by atoms with van der Waals surface area (Å²) >= 11 is 0. The second kappa shape index (κ2) is 13.2. The van der Waals surface area contributed by atoms with Crippen LogP contribution < -0.4 is 20.0 Å². The second-order valence-electron chi connectivity index (χ2n) is 12.2. The number of rotatable bonds is 7. The smallest absolute Gasteiger partial charge is 0.387 e. The van der Waals surface area contributed by atoms with Gasteiger partial charge in [-0.15, -0.1) is 31.5 Å². The number of ether oxygens (including phenoxy) is 2. The van der Waals surface area contributed by atoms with E-state index >= 15 is 26.5 Å². The first-order valence-electron chi connectivity index (χ1n) is 15.6. The van der Waals surface area contributed by atoms with Crippen molar-refractivity contribution in [2.45, 2.75) is 49.7 Å². The summed E-state index contributed by atoms with van der Waals surface area (Å²) in [6.45, 7) is -0.510. The van der Waals surface area contributed by atoms with Gasteiger partial charge in [-0.05, 0) is 61.0 Å². The Morgan fingerprint density at radius 2 is 1.47 bits per heavy atom. The van der Waals surface area contributed by atoms with Gasteiger partial charge in [-0.3, -0.25) is 9.64 Å². The van der Waals surface area contributed by atoms with E-state index in [4.69, 9.17) is 0 Å². The number of aliphatic hydroxyl groups excluding tert-OH is 1. The van der Waals surface area contributed by atoms with Crippen LogP contribution in [0.25, 0.3) is 0 Å². The Morgan fingerprint density at radius 1 is 0.868 bits per heavy atom. The van der Waals surface area contributed by atoms with Crippen LogP contribution in [0.1, 0.15) is 35.2 Å². The number of anilines is 3. The van der Waals surface area contributed by atoms with Crippen molar-refractivity contribution in [2.24, 2.45) is 0 Å². The molecule has 2 heterocycles. The third-order valence-corrected chi connectivity index (χ3v) is 8.78. The molecule has 2 aliphatic heterocycles. The van der Waals surface area contributed by atoms with Crippen LogP contribution in [-0.4, -0.2) is 42.6 Å². The lowest BCUT2D eigenvalue weighted by Crippen LogP contribution is -2.84. The molecular formula is C35H26F9N6O3+. The summed E-state index contributed by atoms with van der Waals surface area (Å²) in [5.41, 5.74) is -5.27. The highest BCUT2D eigenvalue weighted by atomic mass is 19.4. The zero-order chi connectivity index (χ0) is 38.6. The van der Waals surface area contributed by atoms with Crippen molar-refractivity contribution in [3.05, 3.63) is 119 Å². The average Bonchev–Trinajstić information content (AvgIpc) is 3.11. The zero-order valence-corrected chi connectivity index (χ0v) is 27.1. The van der Waals surface area contributed by atoms with Gasteiger partial charge in [-0.1, -0.05) is 51.7 Å². The fourth-order valence-electron chi connectivity index (χ4n) is 6.94. The molecule has 9 nitrogen and oxygen atoms in total. The maximum Gasteiger partial charge on any atom is 0.526 e. The van der Waals surface area contributed by atoms with E-state index in [1.165, 1.54) is 24.3 Å². The lowest BCUT2D eigenvalue weighted by atomic mass is 9.87. The predicted octanol–water partition coefficient (Wildman–Crippen LogP) is 8.26. The number of nitrogens with zero attached hydrogens (tertiary/aromatic N) is 5. The molecule has 0 aliphatic carbocycles. The van der Waals surface area contributed by atoms with Crippen molar-refractivity contribution >= 4 is 22.7 Å². The maximum atomic E-state index is 19.4. The highest BCUT2D eigenvalue weighted by Gasteiger charge is 2.84. The Labute approximate surface area is 295 Å². The van der Waals surface area contributed by atoms with Crippen LogP contribution >= 0.6 is 0 Å². The Kier molecular flexibility index (Phi) is 9.24. The summed E-state index contributed by atoms with van der Waals surface area (Å²) in [6.07, 6.45) is -16.8. The van der Waals surface area contributed by atoms with Crippen LogP contribution in [0.5, 0.6) is 0 Å². The van der Waals surface area contributed by atoms with E-state index in [2.05, 4.69) is 14.8 Å². The standard InChI is InChI=1S/C35H26F9N6O3/c1-21(51)20-50(44)29-15-5-4-14-28(29)49(43)33(53-35(40,41)42,32(50,36)25-11-7-9-23(17-25)19-46)48-27-13-3-2-12-26(27)47-30(31(48)52-34(37,38)39)24-10-6-8-22(16-24)18-45/h2-17,21,30-31,47,51H,20H2,1H3/q+1/t21?,30?,31-,32?,33-,50?/m1/s1. The number of aliphatic hydroxyl groups is 1. The van der Waals surface area contributed by atoms with Crippen LogP contribution in [0.3, 0.4) is 0 Å². The van der Waals surface area contributed by atoms with Crippen LogP contribution in [-0.2, 0) is 15.3 Å². The monoisotopic (exact) mass is 749 g/mol. The first kappa shape index (κ1) is 37.2. The average molecular weight is 750 g/mol. The topological polar surface area (TPSA) is 105 Å². The van der Waals surface area contributed by atoms with Crippen molar-refractivity contribution < 1.29 is 54.3 Å². The second-order valence-corrected chi connectivity index (χ2v) is 12.2. The highest BCUT2D eigenvalue weighted by molar-refractivity contribution is 5.79. The lowest BCUT2D eigenvalue weighted by Gasteiger charge is -2.60. The van der Waals surface area contributed by atoms with Crippen molar-refractivity contribution in [1.29, 1.82) is 10.5 Å². The van der Waals surface area contributed by atoms with Crippen molar-refractivity contribution in [3.63, 3.8) is 0 Å². The molecule has 18 heteroatoms. The summed E-state index contributed by atoms with van der Waals surface area (Å²) < 4.78 is 151. The minimum absolute atomic E-state index is 0.120. The number of alkyl halides is 7. The largest absolute Gasteiger partial charge is 0.526 e. The Hall–Kier alpha value is -5.53. The van der Waals surface area contributed by atoms with E-state index in [0.717, 1.165) is 67.6 Å². The van der Waals surface area contributed by atoms with Crippen LogP contribution in [0.15, 0.2) is 97.1 Å². The molecule has 0 bridgehead atoms. The fourth-order valence-corrected chi connectivity index (χ4v) is 6.94. The van der Waals surface area contributed by atoms with E-state index in [-0.39, 0.29) is 21.7 Å². The van der Waals surface area contributed by atoms with Gasteiger partial charge in [0, 0.05) is 10.5 Å². The number of hydrogen-bond acceptors (Lipinski definition) is 8. The number of nitriles is 2. The predicted molar refractivity (Wildman–Crippen MR) is 171 cm³/mol. The van der Waals surface area contributed by atoms with Crippen LogP contribution in [0, 0.1) is 22.7 Å². The van der Waals surface area contributed by atoms with Crippen molar-refractivity contribution in [3.8, 4) is 12.1 Å². The molecular weight excluding hydrogens is 723 g/mol. The minimum Gasteiger partial charge on any atom is -0.387 e. The molecule has 0 aromatic heterocycles. The normalized spacial score (nSPS) is 26.1. The Morgan fingerprint density at radius 3 is 2.09 bits per heavy atom. The molecule has 0 saturated carbocycles. The summed E-state index contributed by atoms with van der Waals surface area (Å²) in [5, 5.41) is 31.6. The molecule has 276 valence electrons. The number of para-hydroxylation sites is 4. The Bertz CT molecular complexity index is 2100. The summed E-state index contributed by atoms with van der Waals surface area (Å²) in [7, 11) is 0. The van der Waals surface area contributed by atoms with Gasteiger partial charge in [-0.25, -0.2) is 4.74 Å². The molecule has 0 saturated heterocycles. The van der Waals surface area contributed by atoms with E-state index in [0.29, 0.717) is 12.1 Å². The highest BCUT2D eigenvalue weighted by Crippen LogP contribution is 2.64. The van der Waals surface area contributed by atoms with Crippen molar-refractivity contribution in [2.75, 3.05) is 21.9 Å². The third-order valence-electron chi connectivity index (χ3n) is 8.78. The SMILES string of the molecule is CC(O)C[N+]1(F)c2ccccc2N(F)[C@](OC(F)(F)F)(N2c3ccccc3NC(c3cccc(C#N)c3)[C@H]2OC(F)(F)F)C1(F)c1cccc(C#N)c1. The molecule has 53 heavy (non-hydrogen) atoms. The van der Waals surface area contributed by atoms with Gasteiger partial charge in [0.25, 0.3) is 0 Å². The molecule has 4 aromatic carbocycles. The molecule has 4 unspecified atom stereocenters. The first-order valence-corrected chi connectivity index (χ1v) is 15.6. The van der Waals surface area contributed by atoms with Gasteiger partial charge < -0.3 is 10.4 Å². The van der Waals surface area contributed by atoms with Gasteiger partial charge in [0.05, 0.1) is 46.2 Å². The van der Waals surface area contributed by atoms with E-state index in [1.807, 2.05) is 0 Å². The Balaban J connectivity index is 1.85. The number of quaternary nitrogens is 1. The number of hydrogen-bond donors (Lipinski definition) is 2. The molecule has 0 spiro atoms. The van der Waals surface area contributed by atoms with E-state index in [1.54, 1.807) is 12.1 Å². The molecule has 6 rings (SSSR count). The number of halogens is 9. The maximum absolute atomic E-state index is 19.4. The van der Waals surface area contributed by atoms with Gasteiger partial charge in [0.2, 0.25) is 5.69 Å². The minimum atomic E-state index is -6.17. The van der Waals surface area contributed by atoms with E-state index in [9.17, 15) is 28.8 Å². The van der Waals surface area contributed by atoms with Gasteiger partial charge in [0.1, 0.15) is 18.3 Å². The van der Waals surface area contributed by atoms with Gasteiger partial charge in [-0.2, -0.15) is 14.9 Å². The van der Waals surface area contributed by atoms with Gasteiger partial charge >= 0.3 is 24.4 Å². The number of fused-ring (bicyclic) bond motifs is 2. The lowest BCUT2D eigenvalue weighted by molar-refractivity contribution is -0.423. The molecule has 2 aliphatic rings. The summed E-state index contributed by atoms with van der Waals surface area (Å²) in [5.74, 6) is -9.47. The summed E-state index contributed by atoms with van der Waals surface area (Å²) in [6, 6.07) is 17.7. The fraction of sp³-hybridized carbons (Fsp3) is 0.257. The molecule has 0 fully saturated rings. The molecule has 0 radical (unpaired) electrons. The number of nitrogens with one attached hydrogen (secondary N) is 1. The molecule has 0 amide bonds. The number of benzene rings is 4. The third kappa shape index (κ3) is 6.13. The van der Waals surface area contributed by atoms with Crippen molar-refractivity contribution in [1.82, 2.24) is 4.71 Å². The molecule has 6 atom stereocenters. The van der Waals surface area contributed by atoms with Gasteiger partial charge in [0.15, 0.2) is 6.23 Å². The molecule has 2 N–H and O–H groups in total. The van der Waals surface area contributed by atoms with Crippen LogP contribution in [0.2, 0.25) is 0 Å². The van der Waals surface area contributed by atoms with Crippen LogP contribution in [0.4, 0.5) is 62.4 Å². The zero-order valence-electron chi connectivity index (χ0n) is 27.1.